The van der Waals surface area contributed by atoms with Crippen molar-refractivity contribution in [3.63, 3.8) is 0 Å². The van der Waals surface area contributed by atoms with Crippen LogP contribution in [-0.4, -0.2) is 179 Å². The number of unbranched alkanes of at least 4 members (excludes halogenated alkanes) is 18. The van der Waals surface area contributed by atoms with E-state index in [-0.39, 0.29) is 129 Å². The molecule has 6 heterocycles. The molecular formula is C94H148O18Si. The van der Waals surface area contributed by atoms with Gasteiger partial charge in [0.2, 0.25) is 0 Å². The zero-order chi connectivity index (χ0) is 80.7. The molecule has 2 aromatic carbocycles. The Morgan fingerprint density at radius 3 is 1.27 bits per heavy atom. The summed E-state index contributed by atoms with van der Waals surface area (Å²) in [6.45, 7) is 16.1. The number of hydrogen-bond donors (Lipinski definition) is 1. The first kappa shape index (κ1) is 95.5. The minimum absolute atomic E-state index is 0.00318. The van der Waals surface area contributed by atoms with E-state index in [4.69, 9.17) is 70.7 Å². The minimum Gasteiger partial charge on any atom is -0.455 e. The van der Waals surface area contributed by atoms with Gasteiger partial charge in [-0.05, 0) is 144 Å². The van der Waals surface area contributed by atoms with Gasteiger partial charge in [-0.1, -0.05) is 229 Å². The van der Waals surface area contributed by atoms with Gasteiger partial charge in [-0.15, -0.1) is 11.8 Å². The van der Waals surface area contributed by atoms with Gasteiger partial charge in [0.15, 0.2) is 0 Å². The fraction of sp³-hybridized carbons (Fsp3) is 0.745. The Morgan fingerprint density at radius 2 is 0.858 bits per heavy atom. The monoisotopic (exact) mass is 1590 g/mol. The predicted molar refractivity (Wildman–Crippen MR) is 449 cm³/mol. The number of aliphatic hydroxyl groups is 1. The minimum atomic E-state index is -2.85. The van der Waals surface area contributed by atoms with Crippen molar-refractivity contribution >= 4 is 30.6 Å². The molecule has 16 atom stereocenters. The first-order chi connectivity index (χ1) is 55.0. The lowest BCUT2D eigenvalue weighted by Crippen LogP contribution is -2.67. The van der Waals surface area contributed by atoms with E-state index in [1.165, 1.54) is 93.8 Å². The molecule has 1 N–H and O–H groups in total. The standard InChI is InChI=1S/C55H78O9Si.C39H70O9/c1-8-9-10-11-12-13-17-26-33-48(59-41-57-6)50-35-37-52(62-50)53-38-36-51(63-53)49(60-42-58-7)34-27-18-15-14-16-21-28-45(40-44-39-43(2)61-54(44)56)64-65(55(3,4)5,46-29-22-19-23-30-46)47-31-24-20-25-32-47;1-5-6-7-8-9-10-14-17-20-33(44-28-42-3)35-22-24-37(47-35)38-25-23-36(48-38)34(45-29-43-4)21-18-15-12-11-13-16-19-32(40)27-31-26-30(2)46-39(31)41/h14-15,19-20,22-25,29-32,39,43,45,48-53H,8-13,16,21,28,33-38,40-42H2,1-7H3;26,30,32-38,40H,5-25,27-29H2,1-4H3/b15-14+;/t43-,45+,48+,49+,50+,51+,52+,53+;30-,32+,33-,34-,35-,36-,37-,38-/m01/s1. The molecule has 4 saturated heterocycles. The van der Waals surface area contributed by atoms with Crippen LogP contribution < -0.4 is 10.4 Å². The number of ether oxygens (including phenoxy) is 14. The van der Waals surface area contributed by atoms with E-state index in [1.54, 1.807) is 28.4 Å². The first-order valence-electron chi connectivity index (χ1n) is 44.0. The third-order valence-electron chi connectivity index (χ3n) is 23.0. The van der Waals surface area contributed by atoms with Gasteiger partial charge in [0.05, 0.1) is 85.5 Å². The maximum atomic E-state index is 12.9. The van der Waals surface area contributed by atoms with Gasteiger partial charge in [-0.2, -0.15) is 0 Å². The average molecular weight is 1590 g/mol. The fourth-order valence-corrected chi connectivity index (χ4v) is 21.8. The molecular weight excluding hydrogens is 1450 g/mol. The van der Waals surface area contributed by atoms with Crippen LogP contribution in [0.4, 0.5) is 0 Å². The summed E-state index contributed by atoms with van der Waals surface area (Å²) in [4.78, 5) is 24.7. The van der Waals surface area contributed by atoms with Crippen LogP contribution in [0.1, 0.15) is 292 Å². The Hall–Kier alpha value is -4.62. The maximum absolute atomic E-state index is 12.9. The SMILES string of the molecule is CCCCCCCC#CC[C@@H](OCOC)[C@H]1CC[C@H]([C@H]2CC[C@H]([C@@H](CC#C/C=C/CCC[C@H](CC3=C[C@H](C)OC3=O)O[Si](c3ccccc3)(c3ccccc3)C(C)(C)C)OCOC)O2)O1.CCCCCCCCCC[C@@H](OCOC)[C@H]1CC[C@H]([C@H]2CC[C@H]([C@@H](CCCCCCCC[C@H](O)CC3=C[C@@H](C)OC3=O)OCOC)O2)O1. The molecule has 0 saturated carbocycles. The normalized spacial score (nSPS) is 24.0. The molecule has 6 aliphatic rings. The molecule has 6 aliphatic heterocycles. The van der Waals surface area contributed by atoms with Crippen LogP contribution in [0.3, 0.4) is 0 Å². The fourth-order valence-electron chi connectivity index (χ4n) is 17.0. The second-order valence-electron chi connectivity index (χ2n) is 33.2. The Morgan fingerprint density at radius 1 is 0.469 bits per heavy atom. The Labute approximate surface area is 683 Å². The zero-order valence-corrected chi connectivity index (χ0v) is 72.4. The second kappa shape index (κ2) is 55.2. The summed E-state index contributed by atoms with van der Waals surface area (Å²) >= 11 is 0. The van der Waals surface area contributed by atoms with Crippen molar-refractivity contribution in [1.29, 1.82) is 0 Å². The number of benzene rings is 2. The molecule has 0 amide bonds. The molecule has 8 rings (SSSR count). The molecule has 4 fully saturated rings. The molecule has 636 valence electrons. The van der Waals surface area contributed by atoms with Crippen molar-refractivity contribution in [1.82, 2.24) is 0 Å². The van der Waals surface area contributed by atoms with Crippen molar-refractivity contribution in [3.8, 4) is 23.7 Å². The van der Waals surface area contributed by atoms with Gasteiger partial charge >= 0.3 is 11.9 Å². The summed E-state index contributed by atoms with van der Waals surface area (Å²) in [6.07, 6.45) is 45.9. The molecule has 0 unspecified atom stereocenters. The van der Waals surface area contributed by atoms with Crippen LogP contribution >= 0.6 is 0 Å². The summed E-state index contributed by atoms with van der Waals surface area (Å²) in [7, 11) is 3.80. The van der Waals surface area contributed by atoms with Gasteiger partial charge in [0.1, 0.15) is 39.4 Å². The van der Waals surface area contributed by atoms with E-state index in [0.717, 1.165) is 135 Å². The van der Waals surface area contributed by atoms with Gasteiger partial charge in [-0.25, -0.2) is 9.59 Å². The van der Waals surface area contributed by atoms with Gasteiger partial charge in [-0.3, -0.25) is 0 Å². The lowest BCUT2D eigenvalue weighted by molar-refractivity contribution is -0.158. The Bertz CT molecular complexity index is 3080. The highest BCUT2D eigenvalue weighted by atomic mass is 28.4. The summed E-state index contributed by atoms with van der Waals surface area (Å²) in [5, 5.41) is 12.6. The largest absolute Gasteiger partial charge is 0.455 e. The summed E-state index contributed by atoms with van der Waals surface area (Å²) < 4.78 is 90.3. The summed E-state index contributed by atoms with van der Waals surface area (Å²) in [5.74, 6) is 12.8. The molecule has 19 heteroatoms. The lowest BCUT2D eigenvalue weighted by Gasteiger charge is -2.45. The van der Waals surface area contributed by atoms with Crippen molar-refractivity contribution < 1.29 is 85.4 Å². The van der Waals surface area contributed by atoms with E-state index < -0.39 is 14.4 Å². The second-order valence-corrected chi connectivity index (χ2v) is 37.5. The van der Waals surface area contributed by atoms with Crippen molar-refractivity contribution in [2.45, 2.75) is 395 Å². The number of carbonyl (C=O) groups is 2. The smallest absolute Gasteiger partial charge is 0.334 e. The van der Waals surface area contributed by atoms with E-state index in [9.17, 15) is 14.7 Å². The van der Waals surface area contributed by atoms with Gasteiger partial charge in [0.25, 0.3) is 8.32 Å². The van der Waals surface area contributed by atoms with E-state index in [1.807, 2.05) is 32.1 Å². The van der Waals surface area contributed by atoms with E-state index in [0.29, 0.717) is 43.6 Å². The number of allylic oxidation sites excluding steroid dienone is 2. The van der Waals surface area contributed by atoms with Crippen molar-refractivity contribution in [2.75, 3.05) is 55.6 Å². The number of hydrogen-bond acceptors (Lipinski definition) is 18. The number of esters is 2. The third kappa shape index (κ3) is 34.0. The van der Waals surface area contributed by atoms with Crippen LogP contribution in [0.2, 0.25) is 5.04 Å². The van der Waals surface area contributed by atoms with Crippen molar-refractivity contribution in [2.24, 2.45) is 0 Å². The van der Waals surface area contributed by atoms with Crippen LogP contribution in [0.5, 0.6) is 0 Å². The lowest BCUT2D eigenvalue weighted by atomic mass is 9.99. The van der Waals surface area contributed by atoms with Gasteiger partial charge < -0.3 is 75.8 Å². The summed E-state index contributed by atoms with van der Waals surface area (Å²) in [5.41, 5.74) is 1.31. The average Bonchev–Trinajstić information content (AvgIpc) is 1.23. The molecule has 0 aliphatic carbocycles. The van der Waals surface area contributed by atoms with Crippen molar-refractivity contribution in [3.05, 3.63) is 96.1 Å². The quantitative estimate of drug-likeness (QED) is 0.0216. The summed E-state index contributed by atoms with van der Waals surface area (Å²) in [6, 6.07) is 21.4. The van der Waals surface area contributed by atoms with Crippen LogP contribution in [0.25, 0.3) is 0 Å². The topological polar surface area (TPSA) is 193 Å². The highest BCUT2D eigenvalue weighted by molar-refractivity contribution is 6.99. The molecule has 0 aromatic heterocycles. The van der Waals surface area contributed by atoms with E-state index >= 15 is 0 Å². The molecule has 2 aromatic rings. The highest BCUT2D eigenvalue weighted by Gasteiger charge is 2.52. The number of carbonyl (C=O) groups excluding carboxylic acids is 2. The third-order valence-corrected chi connectivity index (χ3v) is 28.1. The van der Waals surface area contributed by atoms with E-state index in [2.05, 4.69) is 125 Å². The molecule has 18 nitrogen and oxygen atoms in total. The highest BCUT2D eigenvalue weighted by Crippen LogP contribution is 2.41. The number of methoxy groups -OCH3 is 4. The van der Waals surface area contributed by atoms with Crippen LogP contribution in [0.15, 0.2) is 96.1 Å². The number of cyclic esters (lactones) is 2. The Balaban J connectivity index is 0.000000328. The number of aliphatic hydroxyl groups excluding tert-OH is 1. The van der Waals surface area contributed by atoms with Gasteiger partial charge in [0, 0.05) is 71.7 Å². The molecule has 0 spiro atoms. The van der Waals surface area contributed by atoms with Crippen LogP contribution in [0, 0.1) is 23.7 Å². The zero-order valence-electron chi connectivity index (χ0n) is 71.4. The maximum Gasteiger partial charge on any atom is 0.334 e. The predicted octanol–water partition coefficient (Wildman–Crippen LogP) is 18.5. The Kier molecular flexibility index (Phi) is 46.7. The number of rotatable bonds is 55. The first-order valence-corrected chi connectivity index (χ1v) is 45.9. The molecule has 113 heavy (non-hydrogen) atoms. The molecule has 0 bridgehead atoms. The van der Waals surface area contributed by atoms with Crippen LogP contribution in [-0.2, 0) is 80.3 Å². The molecule has 0 radical (unpaired) electrons.